The van der Waals surface area contributed by atoms with Crippen LogP contribution < -0.4 is 16.0 Å². The van der Waals surface area contributed by atoms with Crippen LogP contribution in [0.2, 0.25) is 0 Å². The molecule has 1 saturated heterocycles. The van der Waals surface area contributed by atoms with Crippen LogP contribution in [0.5, 0.6) is 0 Å². The molecular weight excluding hydrogens is 334 g/mol. The van der Waals surface area contributed by atoms with Crippen molar-refractivity contribution in [2.24, 2.45) is 4.99 Å². The molecule has 0 aromatic heterocycles. The van der Waals surface area contributed by atoms with Crippen LogP contribution in [-0.2, 0) is 16.1 Å². The van der Waals surface area contributed by atoms with Gasteiger partial charge in [0.2, 0.25) is 5.91 Å². The van der Waals surface area contributed by atoms with E-state index in [1.165, 1.54) is 0 Å². The molecule has 0 atom stereocenters. The molecule has 8 heteroatoms. The van der Waals surface area contributed by atoms with E-state index in [0.717, 1.165) is 24.5 Å². The van der Waals surface area contributed by atoms with Gasteiger partial charge in [0.1, 0.15) is 0 Å². The Morgan fingerprint density at radius 2 is 2.08 bits per heavy atom. The monoisotopic (exact) mass is 361 g/mol. The summed E-state index contributed by atoms with van der Waals surface area (Å²) in [4.78, 5) is 29.6. The number of ether oxygens (including phenoxy) is 1. The molecular formula is C18H27N5O3. The lowest BCUT2D eigenvalue weighted by Gasteiger charge is -2.26. The molecule has 1 aliphatic rings. The average Bonchev–Trinajstić information content (AvgIpc) is 2.67. The number of nitrogens with zero attached hydrogens (tertiary/aromatic N) is 2. The highest BCUT2D eigenvalue weighted by Gasteiger charge is 2.21. The fourth-order valence-corrected chi connectivity index (χ4v) is 2.59. The molecule has 2 amide bonds. The van der Waals surface area contributed by atoms with Crippen LogP contribution in [0.4, 0.5) is 0 Å². The Morgan fingerprint density at radius 3 is 2.73 bits per heavy atom. The Labute approximate surface area is 154 Å². The van der Waals surface area contributed by atoms with Crippen LogP contribution in [0.15, 0.2) is 29.3 Å². The van der Waals surface area contributed by atoms with Crippen molar-refractivity contribution in [3.05, 3.63) is 35.4 Å². The number of rotatable bonds is 7. The Hall–Kier alpha value is -2.61. The molecule has 0 unspecified atom stereocenters. The summed E-state index contributed by atoms with van der Waals surface area (Å²) in [6.45, 7) is 3.25. The maximum Gasteiger partial charge on any atom is 0.254 e. The Morgan fingerprint density at radius 1 is 1.31 bits per heavy atom. The smallest absolute Gasteiger partial charge is 0.254 e. The van der Waals surface area contributed by atoms with Gasteiger partial charge in [0, 0.05) is 52.5 Å². The number of hydrogen-bond donors (Lipinski definition) is 3. The summed E-state index contributed by atoms with van der Waals surface area (Å²) in [5.74, 6) is 0.491. The summed E-state index contributed by atoms with van der Waals surface area (Å²) in [5.41, 5.74) is 1.63. The standard InChI is InChI=1S/C18H27N5O3/c1-19-18(21-8-3-11-26-2)22-12-14-4-6-15(7-5-14)17(25)23-10-9-20-16(24)13-23/h4-7H,3,8-13H2,1-2H3,(H,20,24)(H2,19,21,22). The number of carbonyl (C=O) groups is 2. The van der Waals surface area contributed by atoms with Crippen molar-refractivity contribution in [3.63, 3.8) is 0 Å². The maximum atomic E-state index is 12.4. The first-order chi connectivity index (χ1) is 12.6. The second kappa shape index (κ2) is 10.4. The lowest BCUT2D eigenvalue weighted by Crippen LogP contribution is -2.49. The summed E-state index contributed by atoms with van der Waals surface area (Å²) < 4.78 is 5.01. The van der Waals surface area contributed by atoms with E-state index in [4.69, 9.17) is 4.74 Å². The zero-order chi connectivity index (χ0) is 18.8. The molecule has 2 rings (SSSR count). The molecule has 0 aliphatic carbocycles. The first-order valence-electron chi connectivity index (χ1n) is 8.72. The van der Waals surface area contributed by atoms with Crippen LogP contribution in [0, 0.1) is 0 Å². The second-order valence-electron chi connectivity index (χ2n) is 5.97. The average molecular weight is 361 g/mol. The SMILES string of the molecule is CN=C(NCCCOC)NCc1ccc(C(=O)N2CCNC(=O)C2)cc1. The van der Waals surface area contributed by atoms with Crippen molar-refractivity contribution >= 4 is 17.8 Å². The molecule has 1 aromatic carbocycles. The van der Waals surface area contributed by atoms with E-state index in [-0.39, 0.29) is 18.4 Å². The quantitative estimate of drug-likeness (QED) is 0.360. The van der Waals surface area contributed by atoms with Gasteiger partial charge < -0.3 is 25.6 Å². The fourth-order valence-electron chi connectivity index (χ4n) is 2.59. The van der Waals surface area contributed by atoms with E-state index in [9.17, 15) is 9.59 Å². The molecule has 142 valence electrons. The number of amides is 2. The van der Waals surface area contributed by atoms with Gasteiger partial charge in [-0.2, -0.15) is 0 Å². The molecule has 1 aromatic rings. The number of carbonyl (C=O) groups excluding carboxylic acids is 2. The van der Waals surface area contributed by atoms with Crippen molar-refractivity contribution in [3.8, 4) is 0 Å². The zero-order valence-electron chi connectivity index (χ0n) is 15.4. The van der Waals surface area contributed by atoms with Gasteiger partial charge in [-0.1, -0.05) is 12.1 Å². The van der Waals surface area contributed by atoms with Crippen molar-refractivity contribution in [2.75, 3.05) is 46.9 Å². The lowest BCUT2D eigenvalue weighted by atomic mass is 10.1. The predicted molar refractivity (Wildman–Crippen MR) is 100 cm³/mol. The molecule has 0 spiro atoms. The Bertz CT molecular complexity index is 630. The van der Waals surface area contributed by atoms with E-state index in [0.29, 0.717) is 31.8 Å². The largest absolute Gasteiger partial charge is 0.385 e. The van der Waals surface area contributed by atoms with Crippen LogP contribution in [-0.4, -0.2) is 69.6 Å². The predicted octanol–water partition coefficient (Wildman–Crippen LogP) is -0.0399. The number of methoxy groups -OCH3 is 1. The third-order valence-corrected chi connectivity index (χ3v) is 4.03. The summed E-state index contributed by atoms with van der Waals surface area (Å²) in [6, 6.07) is 7.40. The number of hydrogen-bond acceptors (Lipinski definition) is 4. The molecule has 26 heavy (non-hydrogen) atoms. The molecule has 1 fully saturated rings. The van der Waals surface area contributed by atoms with Crippen molar-refractivity contribution < 1.29 is 14.3 Å². The summed E-state index contributed by atoms with van der Waals surface area (Å²) in [6.07, 6.45) is 0.905. The first-order valence-corrected chi connectivity index (χ1v) is 8.72. The summed E-state index contributed by atoms with van der Waals surface area (Å²) in [7, 11) is 3.41. The van der Waals surface area contributed by atoms with E-state index in [2.05, 4.69) is 20.9 Å². The number of aliphatic imine (C=N–C) groups is 1. The van der Waals surface area contributed by atoms with Gasteiger partial charge in [0.15, 0.2) is 5.96 Å². The topological polar surface area (TPSA) is 95.1 Å². The number of nitrogens with one attached hydrogen (secondary N) is 3. The summed E-state index contributed by atoms with van der Waals surface area (Å²) >= 11 is 0. The van der Waals surface area contributed by atoms with Gasteiger partial charge in [0.05, 0.1) is 6.54 Å². The highest BCUT2D eigenvalue weighted by Crippen LogP contribution is 2.09. The van der Waals surface area contributed by atoms with Gasteiger partial charge in [-0.05, 0) is 24.1 Å². The normalized spacial score (nSPS) is 14.8. The van der Waals surface area contributed by atoms with Gasteiger partial charge in [0.25, 0.3) is 5.91 Å². The molecule has 8 nitrogen and oxygen atoms in total. The molecule has 1 aliphatic heterocycles. The van der Waals surface area contributed by atoms with E-state index in [1.807, 2.05) is 12.1 Å². The number of benzene rings is 1. The van der Waals surface area contributed by atoms with E-state index < -0.39 is 0 Å². The highest BCUT2D eigenvalue weighted by atomic mass is 16.5. The lowest BCUT2D eigenvalue weighted by molar-refractivity contribution is -0.123. The van der Waals surface area contributed by atoms with Gasteiger partial charge in [-0.15, -0.1) is 0 Å². The van der Waals surface area contributed by atoms with E-state index >= 15 is 0 Å². The third kappa shape index (κ3) is 6.03. The van der Waals surface area contributed by atoms with Gasteiger partial charge in [-0.3, -0.25) is 14.6 Å². The Kier molecular flexibility index (Phi) is 7.88. The van der Waals surface area contributed by atoms with Crippen molar-refractivity contribution in [2.45, 2.75) is 13.0 Å². The summed E-state index contributed by atoms with van der Waals surface area (Å²) in [5, 5.41) is 9.16. The minimum atomic E-state index is -0.116. The molecule has 3 N–H and O–H groups in total. The highest BCUT2D eigenvalue weighted by molar-refractivity contribution is 5.97. The number of guanidine groups is 1. The van der Waals surface area contributed by atoms with Gasteiger partial charge >= 0.3 is 0 Å². The Balaban J connectivity index is 1.83. The van der Waals surface area contributed by atoms with Crippen molar-refractivity contribution in [1.82, 2.24) is 20.9 Å². The minimum Gasteiger partial charge on any atom is -0.385 e. The van der Waals surface area contributed by atoms with E-state index in [1.54, 1.807) is 31.2 Å². The molecule has 0 radical (unpaired) electrons. The second-order valence-corrected chi connectivity index (χ2v) is 5.97. The molecule has 0 bridgehead atoms. The molecule has 0 saturated carbocycles. The first kappa shape index (κ1) is 19.7. The molecule has 1 heterocycles. The third-order valence-electron chi connectivity index (χ3n) is 4.03. The maximum absolute atomic E-state index is 12.4. The number of piperazine rings is 1. The van der Waals surface area contributed by atoms with Gasteiger partial charge in [-0.25, -0.2) is 0 Å². The zero-order valence-corrected chi connectivity index (χ0v) is 15.4. The van der Waals surface area contributed by atoms with Crippen LogP contribution in [0.1, 0.15) is 22.3 Å². The fraction of sp³-hybridized carbons (Fsp3) is 0.500. The minimum absolute atomic E-state index is 0.116. The van der Waals surface area contributed by atoms with Crippen LogP contribution in [0.3, 0.4) is 0 Å². The van der Waals surface area contributed by atoms with Crippen LogP contribution >= 0.6 is 0 Å². The van der Waals surface area contributed by atoms with Crippen LogP contribution in [0.25, 0.3) is 0 Å². The van der Waals surface area contributed by atoms with Crippen molar-refractivity contribution in [1.29, 1.82) is 0 Å².